The van der Waals surface area contributed by atoms with E-state index in [0.717, 1.165) is 11.3 Å². The topological polar surface area (TPSA) is 72.9 Å². The molecule has 0 atom stereocenters. The Hall–Kier alpha value is -2.30. The van der Waals surface area contributed by atoms with E-state index in [0.29, 0.717) is 17.1 Å². The summed E-state index contributed by atoms with van der Waals surface area (Å²) < 4.78 is 1.55. The SMILES string of the molecule is Cc1ccc(NC(=O)c2cc(C)nn2C)c(N)c1. The lowest BCUT2D eigenvalue weighted by molar-refractivity contribution is 0.101. The smallest absolute Gasteiger partial charge is 0.273 e. The number of benzene rings is 1. The molecule has 3 N–H and O–H groups in total. The van der Waals surface area contributed by atoms with E-state index in [4.69, 9.17) is 5.73 Å². The molecular formula is C13H16N4O. The lowest BCUT2D eigenvalue weighted by Gasteiger charge is -2.08. The summed E-state index contributed by atoms with van der Waals surface area (Å²) in [6.07, 6.45) is 0. The van der Waals surface area contributed by atoms with Gasteiger partial charge in [0.25, 0.3) is 5.91 Å². The van der Waals surface area contributed by atoms with E-state index in [1.165, 1.54) is 0 Å². The van der Waals surface area contributed by atoms with Crippen LogP contribution in [0.5, 0.6) is 0 Å². The summed E-state index contributed by atoms with van der Waals surface area (Å²) in [6.45, 7) is 3.80. The van der Waals surface area contributed by atoms with Crippen LogP contribution >= 0.6 is 0 Å². The van der Waals surface area contributed by atoms with E-state index in [2.05, 4.69) is 10.4 Å². The van der Waals surface area contributed by atoms with Crippen LogP contribution in [0.4, 0.5) is 11.4 Å². The molecule has 0 aliphatic rings. The number of aromatic nitrogens is 2. The number of nitrogens with one attached hydrogen (secondary N) is 1. The third kappa shape index (κ3) is 2.34. The number of carbonyl (C=O) groups is 1. The average molecular weight is 244 g/mol. The summed E-state index contributed by atoms with van der Waals surface area (Å²) in [7, 11) is 1.74. The number of aryl methyl sites for hydroxylation is 3. The van der Waals surface area contributed by atoms with Crippen molar-refractivity contribution >= 4 is 17.3 Å². The van der Waals surface area contributed by atoms with Gasteiger partial charge < -0.3 is 11.1 Å². The molecule has 0 spiro atoms. The van der Waals surface area contributed by atoms with Crippen molar-refractivity contribution in [1.82, 2.24) is 9.78 Å². The largest absolute Gasteiger partial charge is 0.397 e. The van der Waals surface area contributed by atoms with Crippen molar-refractivity contribution in [2.75, 3.05) is 11.1 Å². The van der Waals surface area contributed by atoms with Gasteiger partial charge in [0.05, 0.1) is 17.1 Å². The maximum Gasteiger partial charge on any atom is 0.273 e. The first kappa shape index (κ1) is 12.2. The zero-order valence-corrected chi connectivity index (χ0v) is 10.7. The Bertz CT molecular complexity index is 601. The standard InChI is InChI=1S/C13H16N4O/c1-8-4-5-11(10(14)6-8)15-13(18)12-7-9(2)16-17(12)3/h4-7H,14H2,1-3H3,(H,15,18). The van der Waals surface area contributed by atoms with Crippen LogP contribution < -0.4 is 11.1 Å². The Kier molecular flexibility index (Phi) is 3.06. The van der Waals surface area contributed by atoms with Crippen molar-refractivity contribution in [2.24, 2.45) is 7.05 Å². The first-order chi connectivity index (χ1) is 8.47. The Morgan fingerprint density at radius 3 is 2.61 bits per heavy atom. The molecular weight excluding hydrogens is 228 g/mol. The van der Waals surface area contributed by atoms with Crippen molar-refractivity contribution in [3.63, 3.8) is 0 Å². The third-order valence-corrected chi connectivity index (χ3v) is 2.69. The van der Waals surface area contributed by atoms with Crippen molar-refractivity contribution in [1.29, 1.82) is 0 Å². The summed E-state index contributed by atoms with van der Waals surface area (Å²) in [4.78, 5) is 12.1. The molecule has 1 heterocycles. The van der Waals surface area contributed by atoms with Gasteiger partial charge in [0, 0.05) is 7.05 Å². The van der Waals surface area contributed by atoms with Crippen LogP contribution in [0.1, 0.15) is 21.7 Å². The highest BCUT2D eigenvalue weighted by molar-refractivity contribution is 6.04. The van der Waals surface area contributed by atoms with E-state index < -0.39 is 0 Å². The average Bonchev–Trinajstić information content (AvgIpc) is 2.62. The highest BCUT2D eigenvalue weighted by Gasteiger charge is 2.12. The molecule has 18 heavy (non-hydrogen) atoms. The fourth-order valence-electron chi connectivity index (χ4n) is 1.81. The maximum atomic E-state index is 12.1. The van der Waals surface area contributed by atoms with Gasteiger partial charge in [-0.2, -0.15) is 5.10 Å². The Morgan fingerprint density at radius 1 is 1.33 bits per heavy atom. The lowest BCUT2D eigenvalue weighted by Crippen LogP contribution is -2.16. The molecule has 0 saturated heterocycles. The van der Waals surface area contributed by atoms with Crippen LogP contribution in [-0.2, 0) is 7.05 Å². The summed E-state index contributed by atoms with van der Waals surface area (Å²) >= 11 is 0. The molecule has 0 saturated carbocycles. The summed E-state index contributed by atoms with van der Waals surface area (Å²) in [5, 5.41) is 6.92. The molecule has 0 bridgehead atoms. The van der Waals surface area contributed by atoms with Crippen LogP contribution in [0.3, 0.4) is 0 Å². The van der Waals surface area contributed by atoms with Gasteiger partial charge in [-0.25, -0.2) is 0 Å². The zero-order chi connectivity index (χ0) is 13.3. The van der Waals surface area contributed by atoms with E-state index >= 15 is 0 Å². The van der Waals surface area contributed by atoms with Gasteiger partial charge in [0.2, 0.25) is 0 Å². The molecule has 1 aromatic heterocycles. The number of hydrogen-bond donors (Lipinski definition) is 2. The van der Waals surface area contributed by atoms with Crippen LogP contribution in [0.25, 0.3) is 0 Å². The number of nitrogen functional groups attached to an aromatic ring is 1. The van der Waals surface area contributed by atoms with Crippen LogP contribution in [0.15, 0.2) is 24.3 Å². The van der Waals surface area contributed by atoms with Crippen molar-refractivity contribution in [3.05, 3.63) is 41.2 Å². The fourth-order valence-corrected chi connectivity index (χ4v) is 1.81. The monoisotopic (exact) mass is 244 g/mol. The number of hydrogen-bond acceptors (Lipinski definition) is 3. The minimum atomic E-state index is -0.214. The van der Waals surface area contributed by atoms with Crippen LogP contribution in [0.2, 0.25) is 0 Å². The first-order valence-electron chi connectivity index (χ1n) is 5.65. The summed E-state index contributed by atoms with van der Waals surface area (Å²) in [6, 6.07) is 7.26. The van der Waals surface area contributed by atoms with E-state index in [1.54, 1.807) is 23.9 Å². The maximum absolute atomic E-state index is 12.1. The third-order valence-electron chi connectivity index (χ3n) is 2.69. The molecule has 5 heteroatoms. The quantitative estimate of drug-likeness (QED) is 0.792. The Labute approximate surface area is 106 Å². The summed E-state index contributed by atoms with van der Waals surface area (Å²) in [5.74, 6) is -0.214. The summed E-state index contributed by atoms with van der Waals surface area (Å²) in [5.41, 5.74) is 9.40. The first-order valence-corrected chi connectivity index (χ1v) is 5.65. The molecule has 5 nitrogen and oxygen atoms in total. The highest BCUT2D eigenvalue weighted by atomic mass is 16.2. The van der Waals surface area contributed by atoms with E-state index in [9.17, 15) is 4.79 Å². The van der Waals surface area contributed by atoms with Crippen LogP contribution in [0, 0.1) is 13.8 Å². The zero-order valence-electron chi connectivity index (χ0n) is 10.7. The number of nitrogens with zero attached hydrogens (tertiary/aromatic N) is 2. The minimum Gasteiger partial charge on any atom is -0.397 e. The van der Waals surface area contributed by atoms with Gasteiger partial charge in [-0.05, 0) is 37.6 Å². The number of rotatable bonds is 2. The molecule has 1 aromatic carbocycles. The minimum absolute atomic E-state index is 0.214. The van der Waals surface area contributed by atoms with Gasteiger partial charge in [0.15, 0.2) is 0 Å². The molecule has 0 aliphatic carbocycles. The van der Waals surface area contributed by atoms with Crippen LogP contribution in [-0.4, -0.2) is 15.7 Å². The van der Waals surface area contributed by atoms with Crippen molar-refractivity contribution < 1.29 is 4.79 Å². The molecule has 0 radical (unpaired) electrons. The molecule has 2 rings (SSSR count). The van der Waals surface area contributed by atoms with Gasteiger partial charge >= 0.3 is 0 Å². The predicted molar refractivity (Wildman–Crippen MR) is 71.5 cm³/mol. The predicted octanol–water partition coefficient (Wildman–Crippen LogP) is 1.87. The number of nitrogens with two attached hydrogens (primary N) is 1. The highest BCUT2D eigenvalue weighted by Crippen LogP contribution is 2.20. The molecule has 1 amide bonds. The van der Waals surface area contributed by atoms with Gasteiger partial charge in [-0.15, -0.1) is 0 Å². The number of carbonyl (C=O) groups excluding carboxylic acids is 1. The second-order valence-electron chi connectivity index (χ2n) is 4.34. The Morgan fingerprint density at radius 2 is 2.06 bits per heavy atom. The second-order valence-corrected chi connectivity index (χ2v) is 4.34. The lowest BCUT2D eigenvalue weighted by atomic mass is 10.2. The van der Waals surface area contributed by atoms with Gasteiger partial charge in [-0.3, -0.25) is 9.48 Å². The van der Waals surface area contributed by atoms with Gasteiger partial charge in [0.1, 0.15) is 5.69 Å². The van der Waals surface area contributed by atoms with E-state index in [1.807, 2.05) is 26.0 Å². The Balaban J connectivity index is 2.24. The molecule has 0 aliphatic heterocycles. The molecule has 94 valence electrons. The van der Waals surface area contributed by atoms with Crippen molar-refractivity contribution in [3.8, 4) is 0 Å². The fraction of sp³-hybridized carbons (Fsp3) is 0.231. The van der Waals surface area contributed by atoms with Gasteiger partial charge in [-0.1, -0.05) is 6.07 Å². The van der Waals surface area contributed by atoms with E-state index in [-0.39, 0.29) is 5.91 Å². The molecule has 0 unspecified atom stereocenters. The molecule has 2 aromatic rings. The number of anilines is 2. The number of amides is 1. The second kappa shape index (κ2) is 4.52. The molecule has 0 fully saturated rings. The normalized spacial score (nSPS) is 10.4. The van der Waals surface area contributed by atoms with Crippen molar-refractivity contribution in [2.45, 2.75) is 13.8 Å².